The van der Waals surface area contributed by atoms with E-state index >= 15 is 0 Å². The van der Waals surface area contributed by atoms with Crippen molar-refractivity contribution in [2.45, 2.75) is 45.2 Å². The second kappa shape index (κ2) is 10.8. The topological polar surface area (TPSA) is 41.0 Å². The van der Waals surface area contributed by atoms with Crippen molar-refractivity contribution in [2.24, 2.45) is 0 Å². The van der Waals surface area contributed by atoms with E-state index in [1.807, 2.05) is 50.5 Å². The third-order valence-electron chi connectivity index (χ3n) is 6.49. The van der Waals surface area contributed by atoms with Gasteiger partial charge in [0, 0.05) is 24.5 Å². The number of benzene rings is 2. The van der Waals surface area contributed by atoms with E-state index in [4.69, 9.17) is 9.97 Å². The molecule has 0 aliphatic heterocycles. The van der Waals surface area contributed by atoms with Crippen LogP contribution in [-0.2, 0) is 6.18 Å². The number of nitrogens with one attached hydrogen (secondary N) is 1. The fourth-order valence-corrected chi connectivity index (χ4v) is 4.56. The number of halogens is 3. The number of rotatable bonds is 8. The van der Waals surface area contributed by atoms with Gasteiger partial charge in [-0.25, -0.2) is 9.97 Å². The highest BCUT2D eigenvalue weighted by Gasteiger charge is 2.32. The zero-order chi connectivity index (χ0) is 25.9. The Labute approximate surface area is 211 Å². The molecule has 2 aromatic carbocycles. The second-order valence-corrected chi connectivity index (χ2v) is 9.58. The minimum atomic E-state index is -4.48. The van der Waals surface area contributed by atoms with E-state index in [9.17, 15) is 13.2 Å². The Morgan fingerprint density at radius 1 is 1.06 bits per heavy atom. The Morgan fingerprint density at radius 2 is 1.83 bits per heavy atom. The molecule has 1 N–H and O–H groups in total. The third kappa shape index (κ3) is 5.62. The molecule has 1 heterocycles. The first kappa shape index (κ1) is 25.9. The lowest BCUT2D eigenvalue weighted by Crippen LogP contribution is -2.23. The summed E-state index contributed by atoms with van der Waals surface area (Å²) in [6.07, 6.45) is 4.00. The highest BCUT2D eigenvalue weighted by molar-refractivity contribution is 5.93. The molecule has 190 valence electrons. The number of alkyl halides is 3. The average Bonchev–Trinajstić information content (AvgIpc) is 2.87. The molecule has 0 spiro atoms. The van der Waals surface area contributed by atoms with Gasteiger partial charge in [0.1, 0.15) is 5.82 Å². The van der Waals surface area contributed by atoms with Crippen molar-refractivity contribution in [1.82, 2.24) is 15.3 Å². The van der Waals surface area contributed by atoms with Gasteiger partial charge in [-0.1, -0.05) is 44.2 Å². The molecule has 0 amide bonds. The van der Waals surface area contributed by atoms with Gasteiger partial charge in [-0.15, -0.1) is 0 Å². The van der Waals surface area contributed by atoms with E-state index in [0.29, 0.717) is 17.0 Å². The minimum absolute atomic E-state index is 0.202. The van der Waals surface area contributed by atoms with Crippen LogP contribution in [0.5, 0.6) is 0 Å². The first-order chi connectivity index (χ1) is 17.2. The maximum absolute atomic E-state index is 13.9. The molecule has 3 aromatic rings. The summed E-state index contributed by atoms with van der Waals surface area (Å²) in [7, 11) is 3.88. The lowest BCUT2D eigenvalue weighted by atomic mass is 9.95. The predicted octanol–water partition coefficient (Wildman–Crippen LogP) is 7.22. The zero-order valence-corrected chi connectivity index (χ0v) is 21.3. The number of nitrogens with zero attached hydrogens (tertiary/aromatic N) is 3. The molecule has 4 rings (SSSR count). The summed E-state index contributed by atoms with van der Waals surface area (Å²) in [5.41, 5.74) is 2.82. The van der Waals surface area contributed by atoms with Crippen molar-refractivity contribution in [3.05, 3.63) is 71.3 Å². The van der Waals surface area contributed by atoms with E-state index in [1.165, 1.54) is 12.1 Å². The molecule has 1 aliphatic rings. The van der Waals surface area contributed by atoms with Crippen molar-refractivity contribution < 1.29 is 13.2 Å². The number of hydrogen-bond acceptors (Lipinski definition) is 4. The van der Waals surface area contributed by atoms with E-state index in [0.717, 1.165) is 60.2 Å². The number of anilines is 1. The fraction of sp³-hybridized carbons (Fsp3) is 0.379. The van der Waals surface area contributed by atoms with Gasteiger partial charge in [0.05, 0.1) is 11.1 Å². The Hall–Kier alpha value is -3.19. The van der Waals surface area contributed by atoms with Gasteiger partial charge in [-0.2, -0.15) is 13.2 Å². The Kier molecular flexibility index (Phi) is 7.79. The van der Waals surface area contributed by atoms with Gasteiger partial charge in [0.25, 0.3) is 0 Å². The molecule has 0 bridgehead atoms. The van der Waals surface area contributed by atoms with Crippen LogP contribution >= 0.6 is 0 Å². The molecule has 0 fully saturated rings. The zero-order valence-electron chi connectivity index (χ0n) is 21.3. The van der Waals surface area contributed by atoms with Crippen LogP contribution in [0, 0.1) is 0 Å². The standard InChI is InChI=1S/C29H33F3N4/c1-19(2)24-12-8-13-25-26(24)34-27(35-28(25)36(4)15-9-14-33-3)22-16-21(20-10-6-5-7-11-20)17-23(18-22)29(30,31)32/h6,8,10-13,16-19,33H,5,7,9,14-15H2,1-4H3. The second-order valence-electron chi connectivity index (χ2n) is 9.58. The molecule has 1 aliphatic carbocycles. The summed E-state index contributed by atoms with van der Waals surface area (Å²) in [4.78, 5) is 11.8. The van der Waals surface area contributed by atoms with Gasteiger partial charge in [-0.3, -0.25) is 0 Å². The van der Waals surface area contributed by atoms with Crippen molar-refractivity contribution >= 4 is 22.3 Å². The van der Waals surface area contributed by atoms with E-state index in [2.05, 4.69) is 24.1 Å². The molecule has 0 atom stereocenters. The summed E-state index contributed by atoms with van der Waals surface area (Å²) in [6.45, 7) is 5.80. The molecule has 0 saturated carbocycles. The number of fused-ring (bicyclic) bond motifs is 1. The van der Waals surface area contributed by atoms with Crippen LogP contribution in [-0.4, -0.2) is 37.2 Å². The van der Waals surface area contributed by atoms with Gasteiger partial charge in [0.2, 0.25) is 0 Å². The summed E-state index contributed by atoms with van der Waals surface area (Å²) < 4.78 is 41.8. The molecule has 0 unspecified atom stereocenters. The number of allylic oxidation sites excluding steroid dienone is 4. The predicted molar refractivity (Wildman–Crippen MR) is 142 cm³/mol. The highest BCUT2D eigenvalue weighted by Crippen LogP contribution is 2.37. The monoisotopic (exact) mass is 494 g/mol. The van der Waals surface area contributed by atoms with E-state index in [1.54, 1.807) is 6.07 Å². The normalized spacial score (nSPS) is 13.9. The maximum atomic E-state index is 13.9. The molecular formula is C29H33F3N4. The molecule has 36 heavy (non-hydrogen) atoms. The first-order valence-corrected chi connectivity index (χ1v) is 12.4. The van der Waals surface area contributed by atoms with Crippen molar-refractivity contribution in [1.29, 1.82) is 0 Å². The highest BCUT2D eigenvalue weighted by atomic mass is 19.4. The summed E-state index contributed by atoms with van der Waals surface area (Å²) >= 11 is 0. The molecule has 1 aromatic heterocycles. The SMILES string of the molecule is CNCCCN(C)c1nc(-c2cc(C3=CCCC=C3)cc(C(F)(F)F)c2)nc2c(C(C)C)cccc12. The van der Waals surface area contributed by atoms with Crippen LogP contribution in [0.2, 0.25) is 0 Å². The molecule has 4 nitrogen and oxygen atoms in total. The van der Waals surface area contributed by atoms with Gasteiger partial charge in [0.15, 0.2) is 5.82 Å². The van der Waals surface area contributed by atoms with Crippen LogP contribution in [0.25, 0.3) is 27.9 Å². The fourth-order valence-electron chi connectivity index (χ4n) is 4.56. The lowest BCUT2D eigenvalue weighted by Gasteiger charge is -2.22. The summed E-state index contributed by atoms with van der Waals surface area (Å²) in [5, 5.41) is 4.06. The smallest absolute Gasteiger partial charge is 0.359 e. The summed E-state index contributed by atoms with van der Waals surface area (Å²) in [6, 6.07) is 10.2. The van der Waals surface area contributed by atoms with Crippen LogP contribution in [0.4, 0.5) is 19.0 Å². The summed E-state index contributed by atoms with van der Waals surface area (Å²) in [5.74, 6) is 1.23. The third-order valence-corrected chi connectivity index (χ3v) is 6.49. The van der Waals surface area contributed by atoms with Crippen molar-refractivity contribution in [3.8, 4) is 11.4 Å². The average molecular weight is 495 g/mol. The number of hydrogen-bond donors (Lipinski definition) is 1. The number of aromatic nitrogens is 2. The molecule has 0 radical (unpaired) electrons. The van der Waals surface area contributed by atoms with Crippen LogP contribution in [0.15, 0.2) is 54.6 Å². The van der Waals surface area contributed by atoms with Crippen LogP contribution < -0.4 is 10.2 Å². The molecular weight excluding hydrogens is 461 g/mol. The van der Waals surface area contributed by atoms with Crippen LogP contribution in [0.3, 0.4) is 0 Å². The van der Waals surface area contributed by atoms with Gasteiger partial charge >= 0.3 is 6.18 Å². The Bertz CT molecular complexity index is 1290. The first-order valence-electron chi connectivity index (χ1n) is 12.4. The maximum Gasteiger partial charge on any atom is 0.416 e. The van der Waals surface area contributed by atoms with Crippen molar-refractivity contribution in [3.63, 3.8) is 0 Å². The Morgan fingerprint density at radius 3 is 2.50 bits per heavy atom. The quantitative estimate of drug-likeness (QED) is 0.336. The van der Waals surface area contributed by atoms with E-state index < -0.39 is 11.7 Å². The lowest BCUT2D eigenvalue weighted by molar-refractivity contribution is -0.137. The van der Waals surface area contributed by atoms with Crippen LogP contribution in [0.1, 0.15) is 55.7 Å². The largest absolute Gasteiger partial charge is 0.416 e. The minimum Gasteiger partial charge on any atom is -0.359 e. The van der Waals surface area contributed by atoms with Crippen molar-refractivity contribution in [2.75, 3.05) is 32.1 Å². The Balaban J connectivity index is 1.94. The van der Waals surface area contributed by atoms with Gasteiger partial charge < -0.3 is 10.2 Å². The molecule has 0 saturated heterocycles. The van der Waals surface area contributed by atoms with E-state index in [-0.39, 0.29) is 5.92 Å². The number of para-hydroxylation sites is 1. The molecule has 7 heteroatoms. The van der Waals surface area contributed by atoms with Gasteiger partial charge in [-0.05, 0) is 79.7 Å².